The van der Waals surface area contributed by atoms with Crippen molar-refractivity contribution in [3.63, 3.8) is 0 Å². The molecule has 1 saturated carbocycles. The minimum Gasteiger partial charge on any atom is -0.393 e. The highest BCUT2D eigenvalue weighted by Crippen LogP contribution is 2.40. The van der Waals surface area contributed by atoms with Gasteiger partial charge in [-0.2, -0.15) is 0 Å². The normalized spacial score (nSPS) is 18.2. The number of nitrogens with zero attached hydrogens (tertiary/aromatic N) is 5. The Kier molecular flexibility index (Phi) is 10.8. The third-order valence-electron chi connectivity index (χ3n) is 10.0. The molecule has 0 bridgehead atoms. The topological polar surface area (TPSA) is 117 Å². The monoisotopic (exact) mass is 705 g/mol. The van der Waals surface area contributed by atoms with Gasteiger partial charge in [0.15, 0.2) is 11.6 Å². The number of imidazole rings is 2. The van der Waals surface area contributed by atoms with Crippen LogP contribution in [0, 0.1) is 0 Å². The lowest BCUT2D eigenvalue weighted by Crippen LogP contribution is -2.39. The molecule has 2 atom stereocenters. The number of hydrogen-bond donors (Lipinski definition) is 3. The first kappa shape index (κ1) is 35.1. The summed E-state index contributed by atoms with van der Waals surface area (Å²) in [4.78, 5) is 38.9. The number of aliphatic hydroxyl groups excluding tert-OH is 1. The molecule has 4 aromatic rings. The second-order valence-corrected chi connectivity index (χ2v) is 13.9. The number of fused-ring (bicyclic) bond motifs is 1. The molecule has 0 spiro atoms. The lowest BCUT2D eigenvalue weighted by Gasteiger charge is -2.33. The quantitative estimate of drug-likeness (QED) is 0.159. The van der Waals surface area contributed by atoms with Gasteiger partial charge in [-0.3, -0.25) is 14.5 Å². The van der Waals surface area contributed by atoms with Gasteiger partial charge in [0.25, 0.3) is 11.8 Å². The average molecular weight is 707 g/mol. The molecule has 3 N–H and O–H groups in total. The Morgan fingerprint density at radius 1 is 0.878 bits per heavy atom. The summed E-state index contributed by atoms with van der Waals surface area (Å²) in [5.74, 6) is -0.0387. The van der Waals surface area contributed by atoms with Gasteiger partial charge in [0, 0.05) is 62.2 Å². The van der Waals surface area contributed by atoms with Crippen LogP contribution < -0.4 is 10.6 Å². The number of halogens is 2. The van der Waals surface area contributed by atoms with Gasteiger partial charge < -0.3 is 24.9 Å². The molecule has 2 amide bonds. The van der Waals surface area contributed by atoms with Gasteiger partial charge in [0.05, 0.1) is 38.9 Å². The Balaban J connectivity index is 1.19. The molecule has 2 aromatic carbocycles. The lowest BCUT2D eigenvalue weighted by molar-refractivity contribution is 0.100. The SMILES string of the molecule is CCCc1c(CC)nc(C(=O)Nc2cccc(-c3cccc(NC(=O)c4nc5c(n4C)CCN(C4CCCC(O)CC4)C5)c3Cl)c2Cl)n1C. The van der Waals surface area contributed by atoms with Crippen LogP contribution in [0.15, 0.2) is 36.4 Å². The van der Waals surface area contributed by atoms with Crippen LogP contribution in [0.4, 0.5) is 11.4 Å². The molecule has 1 aliphatic carbocycles. The average Bonchev–Trinajstić information content (AvgIpc) is 3.49. The van der Waals surface area contributed by atoms with E-state index in [1.165, 1.54) is 0 Å². The molecule has 6 rings (SSSR count). The van der Waals surface area contributed by atoms with E-state index in [1.807, 2.05) is 42.3 Å². The summed E-state index contributed by atoms with van der Waals surface area (Å²) < 4.78 is 3.74. The van der Waals surface area contributed by atoms with Crippen molar-refractivity contribution in [2.75, 3.05) is 17.2 Å². The van der Waals surface area contributed by atoms with E-state index in [2.05, 4.69) is 27.4 Å². The van der Waals surface area contributed by atoms with Crippen LogP contribution in [0.5, 0.6) is 0 Å². The molecule has 2 aliphatic rings. The summed E-state index contributed by atoms with van der Waals surface area (Å²) in [6.45, 7) is 5.74. The van der Waals surface area contributed by atoms with Gasteiger partial charge in [0.1, 0.15) is 0 Å². The number of carbonyl (C=O) groups is 2. The van der Waals surface area contributed by atoms with Crippen molar-refractivity contribution in [2.24, 2.45) is 14.1 Å². The third kappa shape index (κ3) is 7.15. The minimum absolute atomic E-state index is 0.202. The highest BCUT2D eigenvalue weighted by Gasteiger charge is 2.30. The first-order chi connectivity index (χ1) is 23.6. The fraction of sp³-hybridized carbons (Fsp3) is 0.459. The lowest BCUT2D eigenvalue weighted by atomic mass is 10.0. The maximum Gasteiger partial charge on any atom is 0.291 e. The van der Waals surface area contributed by atoms with Crippen molar-refractivity contribution in [3.8, 4) is 11.1 Å². The van der Waals surface area contributed by atoms with E-state index in [0.717, 1.165) is 87.1 Å². The zero-order valence-electron chi connectivity index (χ0n) is 28.7. The first-order valence-corrected chi connectivity index (χ1v) is 18.1. The summed E-state index contributed by atoms with van der Waals surface area (Å²) in [5, 5.41) is 16.7. The molecule has 1 aliphatic heterocycles. The number of carbonyl (C=O) groups excluding carboxylic acids is 2. The van der Waals surface area contributed by atoms with Crippen molar-refractivity contribution >= 4 is 46.4 Å². The standard InChI is InChI=1S/C37H45Cl2N7O3/c1-5-10-30-26(6-2)40-34(44(30)3)36(48)42-27-15-8-13-24(32(27)38)25-14-9-16-28(33(25)39)43-37(49)35-41-29-21-46(20-19-31(29)45(35)4)22-11-7-12-23(47)18-17-22/h8-9,13-16,22-23,47H,5-7,10-12,17-21H2,1-4H3,(H,42,48)(H,43,49). The van der Waals surface area contributed by atoms with E-state index in [9.17, 15) is 14.7 Å². The number of hydrogen-bond acceptors (Lipinski definition) is 6. The van der Waals surface area contributed by atoms with Crippen molar-refractivity contribution in [2.45, 2.75) is 90.3 Å². The highest BCUT2D eigenvalue weighted by molar-refractivity contribution is 6.40. The van der Waals surface area contributed by atoms with Crippen LogP contribution in [0.25, 0.3) is 11.1 Å². The Hall–Kier alpha value is -3.70. The van der Waals surface area contributed by atoms with Crippen molar-refractivity contribution in [3.05, 3.63) is 80.9 Å². The Labute approximate surface area is 297 Å². The largest absolute Gasteiger partial charge is 0.393 e. The van der Waals surface area contributed by atoms with E-state index in [0.29, 0.717) is 56.8 Å². The third-order valence-corrected chi connectivity index (χ3v) is 10.8. The Morgan fingerprint density at radius 3 is 2.12 bits per heavy atom. The van der Waals surface area contributed by atoms with Crippen molar-refractivity contribution in [1.82, 2.24) is 24.0 Å². The minimum atomic E-state index is -0.351. The van der Waals surface area contributed by atoms with Crippen LogP contribution in [-0.2, 0) is 39.9 Å². The molecule has 49 heavy (non-hydrogen) atoms. The number of aliphatic hydroxyl groups is 1. The Bertz CT molecular complexity index is 1870. The Morgan fingerprint density at radius 2 is 1.51 bits per heavy atom. The van der Waals surface area contributed by atoms with Gasteiger partial charge in [-0.1, -0.05) is 67.7 Å². The molecule has 0 saturated heterocycles. The fourth-order valence-corrected chi connectivity index (χ4v) is 7.89. The van der Waals surface area contributed by atoms with Crippen molar-refractivity contribution < 1.29 is 14.7 Å². The first-order valence-electron chi connectivity index (χ1n) is 17.3. The van der Waals surface area contributed by atoms with E-state index in [4.69, 9.17) is 28.2 Å². The molecule has 1 fully saturated rings. The van der Waals surface area contributed by atoms with E-state index in [1.54, 1.807) is 24.3 Å². The second-order valence-electron chi connectivity index (χ2n) is 13.2. The maximum atomic E-state index is 13.6. The van der Waals surface area contributed by atoms with Crippen LogP contribution in [0.1, 0.15) is 96.4 Å². The van der Waals surface area contributed by atoms with E-state index >= 15 is 0 Å². The van der Waals surface area contributed by atoms with Crippen LogP contribution >= 0.6 is 23.2 Å². The number of benzene rings is 2. The molecule has 260 valence electrons. The number of aromatic nitrogens is 4. The van der Waals surface area contributed by atoms with Crippen LogP contribution in [0.2, 0.25) is 10.0 Å². The molecule has 12 heteroatoms. The van der Waals surface area contributed by atoms with Gasteiger partial charge in [-0.05, 0) is 57.1 Å². The molecule has 10 nitrogen and oxygen atoms in total. The molecule has 2 unspecified atom stereocenters. The highest BCUT2D eigenvalue weighted by atomic mass is 35.5. The van der Waals surface area contributed by atoms with Gasteiger partial charge >= 0.3 is 0 Å². The van der Waals surface area contributed by atoms with Gasteiger partial charge in [-0.15, -0.1) is 0 Å². The van der Waals surface area contributed by atoms with Gasteiger partial charge in [-0.25, -0.2) is 9.97 Å². The van der Waals surface area contributed by atoms with Gasteiger partial charge in [0.2, 0.25) is 0 Å². The zero-order valence-corrected chi connectivity index (χ0v) is 30.2. The van der Waals surface area contributed by atoms with Crippen LogP contribution in [0.3, 0.4) is 0 Å². The molecular weight excluding hydrogens is 661 g/mol. The number of rotatable bonds is 9. The molecule has 3 heterocycles. The smallest absolute Gasteiger partial charge is 0.291 e. The summed E-state index contributed by atoms with van der Waals surface area (Å²) in [6, 6.07) is 11.2. The molecular formula is C37H45Cl2N7O3. The number of anilines is 2. The van der Waals surface area contributed by atoms with E-state index < -0.39 is 0 Å². The predicted octanol–water partition coefficient (Wildman–Crippen LogP) is 7.20. The summed E-state index contributed by atoms with van der Waals surface area (Å²) in [5.41, 5.74) is 6.05. The molecule has 0 radical (unpaired) electrons. The number of amides is 2. The van der Waals surface area contributed by atoms with Crippen molar-refractivity contribution in [1.29, 1.82) is 0 Å². The summed E-state index contributed by atoms with van der Waals surface area (Å²) in [7, 11) is 3.75. The van der Waals surface area contributed by atoms with Crippen LogP contribution in [-0.4, -0.2) is 59.6 Å². The zero-order chi connectivity index (χ0) is 34.8. The summed E-state index contributed by atoms with van der Waals surface area (Å²) >= 11 is 13.8. The number of nitrogens with one attached hydrogen (secondary N) is 2. The second kappa shape index (κ2) is 15.0. The predicted molar refractivity (Wildman–Crippen MR) is 195 cm³/mol. The number of aryl methyl sites for hydroxylation is 1. The maximum absolute atomic E-state index is 13.6. The summed E-state index contributed by atoms with van der Waals surface area (Å²) in [6.07, 6.45) is 7.93. The molecule has 2 aromatic heterocycles. The van der Waals surface area contributed by atoms with E-state index in [-0.39, 0.29) is 17.9 Å². The fourth-order valence-electron chi connectivity index (χ4n) is 7.34.